The van der Waals surface area contributed by atoms with Crippen LogP contribution in [-0.2, 0) is 32.2 Å². The molecule has 31 heavy (non-hydrogen) atoms. The normalized spacial score (nSPS) is 15.7. The second-order valence-electron chi connectivity index (χ2n) is 8.49. The lowest BCUT2D eigenvalue weighted by Gasteiger charge is -2.58. The highest BCUT2D eigenvalue weighted by Gasteiger charge is 2.61. The Kier molecular flexibility index (Phi) is 4.84. The van der Waals surface area contributed by atoms with Crippen LogP contribution in [0.25, 0.3) is 0 Å². The van der Waals surface area contributed by atoms with E-state index in [2.05, 4.69) is 44.7 Å². The minimum absolute atomic E-state index is 0.0399. The first kappa shape index (κ1) is 21.0. The summed E-state index contributed by atoms with van der Waals surface area (Å²) in [5.74, 6) is -1.19. The Hall–Kier alpha value is -3.28. The third kappa shape index (κ3) is 2.77. The molecule has 2 aromatic carbocycles. The average molecular weight is 421 g/mol. The second kappa shape index (κ2) is 7.15. The summed E-state index contributed by atoms with van der Waals surface area (Å²) in [5.41, 5.74) is 6.94. The van der Waals surface area contributed by atoms with Crippen molar-refractivity contribution in [2.45, 2.75) is 46.4 Å². The number of fused-ring (bicyclic) bond motifs is 6. The standard InChI is InChI=1S/C25H28N2O4/c1-14-8-16(3)21-19(10-14)12-26-22-17(4)9-15(2)11-20(22)13-27(21)25(26,24(29)31-7)18(5)23(28)30-6/h8-11H,5,12-13H2,1-4,6-7H3. The van der Waals surface area contributed by atoms with Crippen LogP contribution in [-0.4, -0.2) is 31.8 Å². The quantitative estimate of drug-likeness (QED) is 0.555. The first-order valence-corrected chi connectivity index (χ1v) is 10.3. The number of hydrogen-bond acceptors (Lipinski definition) is 6. The fourth-order valence-electron chi connectivity index (χ4n) is 5.38. The number of benzene rings is 2. The van der Waals surface area contributed by atoms with Crippen LogP contribution >= 0.6 is 0 Å². The SMILES string of the molecule is C=C(C(=O)OC)C1(C(=O)OC)N2Cc3cc(C)cc(C)c3N1Cc1cc(C)cc(C)c12. The largest absolute Gasteiger partial charge is 0.466 e. The number of nitrogens with zero attached hydrogens (tertiary/aromatic N) is 2. The van der Waals surface area contributed by atoms with Gasteiger partial charge in [-0.05, 0) is 49.9 Å². The van der Waals surface area contributed by atoms with Crippen molar-refractivity contribution in [1.29, 1.82) is 0 Å². The van der Waals surface area contributed by atoms with Crippen LogP contribution in [0.2, 0.25) is 0 Å². The summed E-state index contributed by atoms with van der Waals surface area (Å²) >= 11 is 0. The Morgan fingerprint density at radius 2 is 1.29 bits per heavy atom. The molecule has 6 nitrogen and oxygen atoms in total. The molecule has 2 aliphatic rings. The summed E-state index contributed by atoms with van der Waals surface area (Å²) in [7, 11) is 2.64. The number of methoxy groups -OCH3 is 2. The van der Waals surface area contributed by atoms with Crippen molar-refractivity contribution < 1.29 is 19.1 Å². The van der Waals surface area contributed by atoms with E-state index in [4.69, 9.17) is 9.47 Å². The number of aryl methyl sites for hydroxylation is 4. The van der Waals surface area contributed by atoms with Crippen molar-refractivity contribution in [1.82, 2.24) is 0 Å². The van der Waals surface area contributed by atoms with Gasteiger partial charge in [0.2, 0.25) is 5.66 Å². The number of ether oxygens (including phenoxy) is 2. The van der Waals surface area contributed by atoms with E-state index in [1.165, 1.54) is 14.2 Å². The fourth-order valence-corrected chi connectivity index (χ4v) is 5.38. The molecule has 0 saturated carbocycles. The molecular weight excluding hydrogens is 392 g/mol. The highest BCUT2D eigenvalue weighted by Crippen LogP contribution is 2.51. The molecule has 0 amide bonds. The van der Waals surface area contributed by atoms with E-state index >= 15 is 0 Å². The second-order valence-corrected chi connectivity index (χ2v) is 8.49. The van der Waals surface area contributed by atoms with Crippen LogP contribution in [0, 0.1) is 27.7 Å². The molecule has 0 aromatic heterocycles. The molecule has 162 valence electrons. The first-order chi connectivity index (χ1) is 14.7. The van der Waals surface area contributed by atoms with Crippen molar-refractivity contribution in [2.24, 2.45) is 0 Å². The predicted molar refractivity (Wildman–Crippen MR) is 120 cm³/mol. The topological polar surface area (TPSA) is 59.1 Å². The Bertz CT molecular complexity index is 1070. The molecule has 0 unspecified atom stereocenters. The first-order valence-electron chi connectivity index (χ1n) is 10.3. The highest BCUT2D eigenvalue weighted by atomic mass is 16.5. The Morgan fingerprint density at radius 1 is 0.839 bits per heavy atom. The third-order valence-corrected chi connectivity index (χ3v) is 6.35. The molecule has 0 aliphatic carbocycles. The van der Waals surface area contributed by atoms with E-state index in [9.17, 15) is 9.59 Å². The van der Waals surface area contributed by atoms with Gasteiger partial charge in [0.25, 0.3) is 0 Å². The maximum Gasteiger partial charge on any atom is 0.358 e. The van der Waals surface area contributed by atoms with Gasteiger partial charge in [-0.2, -0.15) is 0 Å². The van der Waals surface area contributed by atoms with Crippen molar-refractivity contribution in [3.05, 3.63) is 69.8 Å². The summed E-state index contributed by atoms with van der Waals surface area (Å²) in [6.45, 7) is 13.1. The Labute approximate surface area is 183 Å². The van der Waals surface area contributed by atoms with Crippen LogP contribution in [0.1, 0.15) is 33.4 Å². The van der Waals surface area contributed by atoms with Crippen LogP contribution in [0.4, 0.5) is 11.4 Å². The molecular formula is C25H28N2O4. The van der Waals surface area contributed by atoms with Gasteiger partial charge in [-0.25, -0.2) is 9.59 Å². The van der Waals surface area contributed by atoms with Gasteiger partial charge in [-0.1, -0.05) is 42.0 Å². The maximum absolute atomic E-state index is 13.6. The molecule has 0 spiro atoms. The maximum atomic E-state index is 13.6. The van der Waals surface area contributed by atoms with Crippen molar-refractivity contribution in [3.63, 3.8) is 0 Å². The Balaban J connectivity index is 2.11. The van der Waals surface area contributed by atoms with Gasteiger partial charge < -0.3 is 19.3 Å². The average Bonchev–Trinajstić information content (AvgIpc) is 2.70. The van der Waals surface area contributed by atoms with Gasteiger partial charge in [0.15, 0.2) is 0 Å². The van der Waals surface area contributed by atoms with Crippen LogP contribution in [0.5, 0.6) is 0 Å². The van der Waals surface area contributed by atoms with E-state index in [-0.39, 0.29) is 5.57 Å². The predicted octanol–water partition coefficient (Wildman–Crippen LogP) is 3.86. The smallest absolute Gasteiger partial charge is 0.358 e. The molecule has 0 radical (unpaired) electrons. The molecule has 2 heterocycles. The van der Waals surface area contributed by atoms with Crippen LogP contribution in [0.15, 0.2) is 36.4 Å². The number of carbonyl (C=O) groups excluding carboxylic acids is 2. The third-order valence-electron chi connectivity index (χ3n) is 6.35. The number of hydrogen-bond donors (Lipinski definition) is 0. The lowest BCUT2D eigenvalue weighted by Crippen LogP contribution is -2.72. The lowest BCUT2D eigenvalue weighted by atomic mass is 9.83. The molecule has 0 atom stereocenters. The van der Waals surface area contributed by atoms with Gasteiger partial charge in [-0.15, -0.1) is 0 Å². The van der Waals surface area contributed by atoms with E-state index in [0.29, 0.717) is 13.1 Å². The van der Waals surface area contributed by atoms with Crippen LogP contribution < -0.4 is 9.80 Å². The van der Waals surface area contributed by atoms with E-state index < -0.39 is 17.6 Å². The summed E-state index contributed by atoms with van der Waals surface area (Å²) in [5, 5.41) is 0. The number of esters is 2. The molecule has 6 heteroatoms. The fraction of sp³-hybridized carbons (Fsp3) is 0.360. The zero-order valence-electron chi connectivity index (χ0n) is 19.0. The van der Waals surface area contributed by atoms with E-state index in [1.54, 1.807) is 0 Å². The zero-order chi connectivity index (χ0) is 22.7. The molecule has 2 aliphatic heterocycles. The summed E-state index contributed by atoms with van der Waals surface area (Å²) < 4.78 is 10.3. The highest BCUT2D eigenvalue weighted by molar-refractivity contribution is 6.07. The molecule has 2 aromatic rings. The van der Waals surface area contributed by atoms with Gasteiger partial charge in [-0.3, -0.25) is 0 Å². The van der Waals surface area contributed by atoms with Gasteiger partial charge >= 0.3 is 11.9 Å². The van der Waals surface area contributed by atoms with Gasteiger partial charge in [0.05, 0.1) is 19.8 Å². The summed E-state index contributed by atoms with van der Waals surface area (Å²) in [6.07, 6.45) is 0. The van der Waals surface area contributed by atoms with Crippen molar-refractivity contribution >= 4 is 23.3 Å². The van der Waals surface area contributed by atoms with Crippen molar-refractivity contribution in [3.8, 4) is 0 Å². The van der Waals surface area contributed by atoms with Gasteiger partial charge in [0, 0.05) is 24.5 Å². The molecule has 0 N–H and O–H groups in total. The Morgan fingerprint density at radius 3 is 1.68 bits per heavy atom. The summed E-state index contributed by atoms with van der Waals surface area (Å²) in [4.78, 5) is 30.3. The minimum Gasteiger partial charge on any atom is -0.466 e. The summed E-state index contributed by atoms with van der Waals surface area (Å²) in [6, 6.07) is 8.46. The molecule has 0 saturated heterocycles. The number of anilines is 2. The lowest BCUT2D eigenvalue weighted by molar-refractivity contribution is -0.149. The number of carbonyl (C=O) groups is 2. The van der Waals surface area contributed by atoms with E-state index in [0.717, 1.165) is 44.8 Å². The van der Waals surface area contributed by atoms with E-state index in [1.807, 2.05) is 23.6 Å². The zero-order valence-corrected chi connectivity index (χ0v) is 19.0. The number of rotatable bonds is 3. The monoisotopic (exact) mass is 420 g/mol. The molecule has 2 bridgehead atoms. The van der Waals surface area contributed by atoms with Crippen molar-refractivity contribution in [2.75, 3.05) is 24.0 Å². The molecule has 0 fully saturated rings. The minimum atomic E-state index is -1.53. The van der Waals surface area contributed by atoms with Gasteiger partial charge in [0.1, 0.15) is 0 Å². The molecule has 4 rings (SSSR count). The van der Waals surface area contributed by atoms with Crippen LogP contribution in [0.3, 0.4) is 0 Å².